The average Bonchev–Trinajstić information content (AvgIpc) is 2.46. The Morgan fingerprint density at radius 1 is 1.11 bits per heavy atom. The van der Waals surface area contributed by atoms with Gasteiger partial charge in [-0.1, -0.05) is 18.2 Å². The predicted molar refractivity (Wildman–Crippen MR) is 72.8 cm³/mol. The summed E-state index contributed by atoms with van der Waals surface area (Å²) in [5.74, 6) is -0.186. The molecule has 19 heavy (non-hydrogen) atoms. The Hall–Kier alpha value is -2.69. The molecule has 0 aliphatic carbocycles. The zero-order chi connectivity index (χ0) is 13.4. The first-order chi connectivity index (χ1) is 9.20. The van der Waals surface area contributed by atoms with Crippen LogP contribution in [0.1, 0.15) is 10.5 Å². The minimum Gasteiger partial charge on any atom is -0.464 e. The van der Waals surface area contributed by atoms with Crippen molar-refractivity contribution in [1.29, 1.82) is 0 Å². The molecule has 2 aromatic heterocycles. The van der Waals surface area contributed by atoms with E-state index in [0.717, 1.165) is 16.3 Å². The topological polar surface area (TPSA) is 78.1 Å². The third kappa shape index (κ3) is 1.76. The number of fused-ring (bicyclic) bond motifs is 3. The lowest BCUT2D eigenvalue weighted by Crippen LogP contribution is -2.05. The monoisotopic (exact) mass is 253 g/mol. The van der Waals surface area contributed by atoms with Gasteiger partial charge in [-0.3, -0.25) is 0 Å². The normalized spacial score (nSPS) is 10.8. The van der Waals surface area contributed by atoms with Gasteiger partial charge in [0.2, 0.25) is 0 Å². The van der Waals surface area contributed by atoms with Crippen molar-refractivity contribution in [3.63, 3.8) is 0 Å². The van der Waals surface area contributed by atoms with Crippen LogP contribution in [0.25, 0.3) is 21.8 Å². The van der Waals surface area contributed by atoms with Gasteiger partial charge < -0.3 is 10.5 Å². The zero-order valence-corrected chi connectivity index (χ0v) is 10.3. The lowest BCUT2D eigenvalue weighted by Gasteiger charge is -2.06. The van der Waals surface area contributed by atoms with E-state index in [9.17, 15) is 4.79 Å². The molecule has 0 bridgehead atoms. The van der Waals surface area contributed by atoms with Gasteiger partial charge in [0.15, 0.2) is 5.82 Å². The predicted octanol–water partition coefficient (Wildman–Crippen LogP) is 2.15. The van der Waals surface area contributed by atoms with Crippen molar-refractivity contribution in [3.8, 4) is 0 Å². The number of aromatic nitrogens is 2. The number of anilines is 1. The number of esters is 1. The second-order valence-electron chi connectivity index (χ2n) is 4.10. The molecule has 0 unspecified atom stereocenters. The highest BCUT2D eigenvalue weighted by molar-refractivity contribution is 6.08. The number of hydrogen-bond acceptors (Lipinski definition) is 5. The maximum absolute atomic E-state index is 11.5. The fraction of sp³-hybridized carbons (Fsp3) is 0.0714. The summed E-state index contributed by atoms with van der Waals surface area (Å²) in [7, 11) is 1.32. The number of nitrogen functional groups attached to an aromatic ring is 1. The van der Waals surface area contributed by atoms with Gasteiger partial charge in [-0.05, 0) is 18.2 Å². The first kappa shape index (κ1) is 11.4. The Kier molecular flexibility index (Phi) is 2.52. The van der Waals surface area contributed by atoms with E-state index in [1.165, 1.54) is 7.11 Å². The summed E-state index contributed by atoms with van der Waals surface area (Å²) >= 11 is 0. The van der Waals surface area contributed by atoms with Crippen molar-refractivity contribution in [2.45, 2.75) is 0 Å². The van der Waals surface area contributed by atoms with Gasteiger partial charge in [-0.25, -0.2) is 14.8 Å². The van der Waals surface area contributed by atoms with Gasteiger partial charge in [0.05, 0.1) is 12.6 Å². The summed E-state index contributed by atoms with van der Waals surface area (Å²) in [6.07, 6.45) is 0. The van der Waals surface area contributed by atoms with E-state index in [0.29, 0.717) is 11.3 Å². The molecule has 0 spiro atoms. The fourth-order valence-corrected chi connectivity index (χ4v) is 2.07. The molecule has 0 saturated heterocycles. The number of pyridine rings is 2. The number of para-hydroxylation sites is 1. The molecule has 3 aromatic rings. The summed E-state index contributed by atoms with van der Waals surface area (Å²) in [4.78, 5) is 20.0. The van der Waals surface area contributed by atoms with Crippen molar-refractivity contribution in [3.05, 3.63) is 42.1 Å². The molecule has 3 rings (SSSR count). The van der Waals surface area contributed by atoms with Crippen LogP contribution >= 0.6 is 0 Å². The summed E-state index contributed by atoms with van der Waals surface area (Å²) in [5.41, 5.74) is 7.45. The fourth-order valence-electron chi connectivity index (χ4n) is 2.07. The van der Waals surface area contributed by atoms with Gasteiger partial charge in [0.1, 0.15) is 11.2 Å². The number of nitrogens with two attached hydrogens (primary N) is 1. The van der Waals surface area contributed by atoms with Crippen LogP contribution in [-0.4, -0.2) is 23.0 Å². The molecular weight excluding hydrogens is 242 g/mol. The summed E-state index contributed by atoms with van der Waals surface area (Å²) in [6, 6.07) is 11.1. The minimum absolute atomic E-state index is 0.221. The highest BCUT2D eigenvalue weighted by Gasteiger charge is 2.12. The number of ether oxygens (including phenoxy) is 1. The Morgan fingerprint density at radius 2 is 1.89 bits per heavy atom. The molecule has 2 heterocycles. The maximum atomic E-state index is 11.5. The maximum Gasteiger partial charge on any atom is 0.356 e. The molecule has 2 N–H and O–H groups in total. The van der Waals surface area contributed by atoms with Gasteiger partial charge >= 0.3 is 5.97 Å². The summed E-state index contributed by atoms with van der Waals surface area (Å²) in [5, 5.41) is 1.83. The third-order valence-electron chi connectivity index (χ3n) is 2.97. The molecule has 0 aliphatic heterocycles. The van der Waals surface area contributed by atoms with Crippen molar-refractivity contribution >= 4 is 33.6 Å². The van der Waals surface area contributed by atoms with E-state index >= 15 is 0 Å². The second kappa shape index (κ2) is 4.20. The Morgan fingerprint density at radius 3 is 2.68 bits per heavy atom. The Bertz CT molecular complexity index is 799. The smallest absolute Gasteiger partial charge is 0.356 e. The number of benzene rings is 1. The quantitative estimate of drug-likeness (QED) is 0.531. The Balaban J connectivity index is 2.38. The van der Waals surface area contributed by atoms with Crippen LogP contribution in [0.5, 0.6) is 0 Å². The zero-order valence-electron chi connectivity index (χ0n) is 10.3. The standard InChI is InChI=1S/C14H11N3O2/c1-19-14(18)11-7-6-9-8-4-2-3-5-10(8)17-13(15)12(9)16-11/h2-7H,1H3,(H2,15,17). The van der Waals surface area contributed by atoms with Crippen molar-refractivity contribution in [1.82, 2.24) is 9.97 Å². The van der Waals surface area contributed by atoms with Crippen LogP contribution in [0.3, 0.4) is 0 Å². The average molecular weight is 253 g/mol. The number of nitrogens with zero attached hydrogens (tertiary/aromatic N) is 2. The molecule has 5 nitrogen and oxygen atoms in total. The van der Waals surface area contributed by atoms with E-state index < -0.39 is 5.97 Å². The molecule has 0 fully saturated rings. The SMILES string of the molecule is COC(=O)c1ccc2c(n1)c(N)nc1ccccc12. The molecule has 0 radical (unpaired) electrons. The molecule has 0 aliphatic rings. The van der Waals surface area contributed by atoms with Crippen molar-refractivity contribution in [2.24, 2.45) is 0 Å². The van der Waals surface area contributed by atoms with Crippen LogP contribution in [0.15, 0.2) is 36.4 Å². The molecule has 1 aromatic carbocycles. The lowest BCUT2D eigenvalue weighted by molar-refractivity contribution is 0.0594. The van der Waals surface area contributed by atoms with Crippen LogP contribution in [-0.2, 0) is 4.74 Å². The molecule has 94 valence electrons. The second-order valence-corrected chi connectivity index (χ2v) is 4.10. The molecule has 0 saturated carbocycles. The Labute approximate surface area is 109 Å². The number of rotatable bonds is 1. The van der Waals surface area contributed by atoms with E-state index in [-0.39, 0.29) is 5.69 Å². The van der Waals surface area contributed by atoms with E-state index in [2.05, 4.69) is 14.7 Å². The van der Waals surface area contributed by atoms with Crippen molar-refractivity contribution < 1.29 is 9.53 Å². The van der Waals surface area contributed by atoms with Crippen LogP contribution in [0.4, 0.5) is 5.82 Å². The largest absolute Gasteiger partial charge is 0.464 e. The number of hydrogen-bond donors (Lipinski definition) is 1. The van der Waals surface area contributed by atoms with E-state index in [4.69, 9.17) is 5.73 Å². The number of carbonyl (C=O) groups is 1. The summed E-state index contributed by atoms with van der Waals surface area (Å²) in [6.45, 7) is 0. The number of methoxy groups -OCH3 is 1. The van der Waals surface area contributed by atoms with Crippen LogP contribution in [0.2, 0.25) is 0 Å². The van der Waals surface area contributed by atoms with Crippen LogP contribution < -0.4 is 5.73 Å². The van der Waals surface area contributed by atoms with Gasteiger partial charge in [-0.2, -0.15) is 0 Å². The van der Waals surface area contributed by atoms with E-state index in [1.54, 1.807) is 6.07 Å². The molecule has 0 atom stereocenters. The van der Waals surface area contributed by atoms with Gasteiger partial charge in [0.25, 0.3) is 0 Å². The third-order valence-corrected chi connectivity index (χ3v) is 2.97. The van der Waals surface area contributed by atoms with Gasteiger partial charge in [-0.15, -0.1) is 0 Å². The van der Waals surface area contributed by atoms with Crippen LogP contribution in [0, 0.1) is 0 Å². The molecular formula is C14H11N3O2. The van der Waals surface area contributed by atoms with Gasteiger partial charge in [0, 0.05) is 10.8 Å². The van der Waals surface area contributed by atoms with E-state index in [1.807, 2.05) is 30.3 Å². The minimum atomic E-state index is -0.491. The number of carbonyl (C=O) groups excluding carboxylic acids is 1. The highest BCUT2D eigenvalue weighted by Crippen LogP contribution is 2.26. The molecule has 0 amide bonds. The van der Waals surface area contributed by atoms with Crippen molar-refractivity contribution in [2.75, 3.05) is 12.8 Å². The first-order valence-electron chi connectivity index (χ1n) is 5.74. The lowest BCUT2D eigenvalue weighted by atomic mass is 10.1. The molecule has 5 heteroatoms. The highest BCUT2D eigenvalue weighted by atomic mass is 16.5. The summed E-state index contributed by atoms with van der Waals surface area (Å²) < 4.78 is 4.65. The first-order valence-corrected chi connectivity index (χ1v) is 5.74.